The molecule has 11 heteroatoms. The maximum atomic E-state index is 12.0. The molecule has 0 amide bonds. The lowest BCUT2D eigenvalue weighted by Crippen LogP contribution is -2.05. The molecular formula is C18H18N4O5S2. The number of nitrogens with zero attached hydrogens (tertiary/aromatic N) is 4. The van der Waals surface area contributed by atoms with Gasteiger partial charge in [-0.15, -0.1) is 10.2 Å². The molecule has 0 N–H and O–H groups in total. The van der Waals surface area contributed by atoms with E-state index in [9.17, 15) is 18.5 Å². The summed E-state index contributed by atoms with van der Waals surface area (Å²) >= 11 is 1.04. The molecule has 1 heterocycles. The SMILES string of the molecule is CCS(=O)(=O)c1ccc(Sc2nnc(COc3ccccc3)n2C)c([N+](=O)[O-])c1. The van der Waals surface area contributed by atoms with Gasteiger partial charge < -0.3 is 9.30 Å². The van der Waals surface area contributed by atoms with E-state index < -0.39 is 14.8 Å². The second-order valence-corrected chi connectivity index (χ2v) is 9.24. The van der Waals surface area contributed by atoms with E-state index in [-0.39, 0.29) is 27.8 Å². The molecule has 1 aromatic heterocycles. The smallest absolute Gasteiger partial charge is 0.284 e. The van der Waals surface area contributed by atoms with Crippen LogP contribution in [0.1, 0.15) is 12.7 Å². The minimum Gasteiger partial charge on any atom is -0.486 e. The lowest BCUT2D eigenvalue weighted by molar-refractivity contribution is -0.388. The first kappa shape index (κ1) is 20.8. The Morgan fingerprint density at radius 1 is 1.17 bits per heavy atom. The van der Waals surface area contributed by atoms with E-state index in [4.69, 9.17) is 4.74 Å². The predicted molar refractivity (Wildman–Crippen MR) is 107 cm³/mol. The summed E-state index contributed by atoms with van der Waals surface area (Å²) in [5.41, 5.74) is -0.297. The number of hydrogen-bond acceptors (Lipinski definition) is 8. The second-order valence-electron chi connectivity index (χ2n) is 5.95. The van der Waals surface area contributed by atoms with Gasteiger partial charge >= 0.3 is 0 Å². The monoisotopic (exact) mass is 434 g/mol. The molecule has 3 aromatic rings. The van der Waals surface area contributed by atoms with Gasteiger partial charge in [0.05, 0.1) is 20.5 Å². The van der Waals surface area contributed by atoms with Gasteiger partial charge in [-0.25, -0.2) is 8.42 Å². The van der Waals surface area contributed by atoms with Crippen molar-refractivity contribution < 1.29 is 18.1 Å². The van der Waals surface area contributed by atoms with E-state index in [2.05, 4.69) is 10.2 Å². The van der Waals surface area contributed by atoms with Gasteiger partial charge in [0.15, 0.2) is 20.8 Å². The van der Waals surface area contributed by atoms with Crippen LogP contribution in [0.5, 0.6) is 5.75 Å². The molecule has 0 saturated carbocycles. The van der Waals surface area contributed by atoms with Crippen molar-refractivity contribution in [2.24, 2.45) is 7.05 Å². The molecule has 0 spiro atoms. The van der Waals surface area contributed by atoms with Crippen molar-refractivity contribution in [1.82, 2.24) is 14.8 Å². The van der Waals surface area contributed by atoms with Crippen LogP contribution in [0.2, 0.25) is 0 Å². The first-order valence-corrected chi connectivity index (χ1v) is 11.0. The van der Waals surface area contributed by atoms with Crippen LogP contribution >= 0.6 is 11.8 Å². The topological polar surface area (TPSA) is 117 Å². The Hall–Kier alpha value is -2.92. The number of para-hydroxylation sites is 1. The van der Waals surface area contributed by atoms with Crippen LogP contribution < -0.4 is 4.74 Å². The average molecular weight is 434 g/mol. The van der Waals surface area contributed by atoms with Crippen molar-refractivity contribution in [3.05, 3.63) is 64.5 Å². The van der Waals surface area contributed by atoms with Gasteiger partial charge in [0.25, 0.3) is 5.69 Å². The summed E-state index contributed by atoms with van der Waals surface area (Å²) in [5, 5.41) is 20.0. The molecule has 29 heavy (non-hydrogen) atoms. The van der Waals surface area contributed by atoms with Crippen LogP contribution in [0, 0.1) is 10.1 Å². The quantitative estimate of drug-likeness (QED) is 0.392. The van der Waals surface area contributed by atoms with Crippen molar-refractivity contribution in [3.63, 3.8) is 0 Å². The first-order chi connectivity index (χ1) is 13.8. The van der Waals surface area contributed by atoms with Crippen LogP contribution in [0.25, 0.3) is 0 Å². The lowest BCUT2D eigenvalue weighted by Gasteiger charge is -2.07. The lowest BCUT2D eigenvalue weighted by atomic mass is 10.3. The maximum absolute atomic E-state index is 12.0. The zero-order valence-electron chi connectivity index (χ0n) is 15.7. The molecule has 9 nitrogen and oxygen atoms in total. The minimum atomic E-state index is -3.55. The van der Waals surface area contributed by atoms with Crippen molar-refractivity contribution in [1.29, 1.82) is 0 Å². The maximum Gasteiger partial charge on any atom is 0.284 e. The number of nitro groups is 1. The van der Waals surface area contributed by atoms with Gasteiger partial charge in [0.2, 0.25) is 0 Å². The molecule has 0 fully saturated rings. The number of benzene rings is 2. The Labute approximate surface area is 171 Å². The van der Waals surface area contributed by atoms with Crippen LogP contribution in [0.3, 0.4) is 0 Å². The highest BCUT2D eigenvalue weighted by atomic mass is 32.2. The summed E-state index contributed by atoms with van der Waals surface area (Å²) in [6.45, 7) is 1.67. The van der Waals surface area contributed by atoms with Crippen LogP contribution in [-0.4, -0.2) is 33.9 Å². The molecule has 0 unspecified atom stereocenters. The van der Waals surface area contributed by atoms with Crippen molar-refractivity contribution in [3.8, 4) is 5.75 Å². The van der Waals surface area contributed by atoms with E-state index in [1.165, 1.54) is 19.1 Å². The normalized spacial score (nSPS) is 11.4. The number of sulfone groups is 1. The Kier molecular flexibility index (Phi) is 6.18. The van der Waals surface area contributed by atoms with Crippen LogP contribution in [0.4, 0.5) is 5.69 Å². The zero-order valence-corrected chi connectivity index (χ0v) is 17.3. The Balaban J connectivity index is 1.83. The Morgan fingerprint density at radius 3 is 2.55 bits per heavy atom. The van der Waals surface area contributed by atoms with E-state index in [1.54, 1.807) is 11.6 Å². The molecule has 0 atom stereocenters. The standard InChI is InChI=1S/C18H18N4O5S2/c1-3-29(25,26)14-9-10-16(15(11-14)22(23)24)28-18-20-19-17(21(18)2)12-27-13-7-5-4-6-8-13/h4-11H,3,12H2,1-2H3. The fraction of sp³-hybridized carbons (Fsp3) is 0.222. The molecular weight excluding hydrogens is 416 g/mol. The van der Waals surface area contributed by atoms with Crippen molar-refractivity contribution in [2.45, 2.75) is 28.5 Å². The Bertz CT molecular complexity index is 1130. The average Bonchev–Trinajstić information content (AvgIpc) is 3.06. The van der Waals surface area contributed by atoms with Crippen LogP contribution in [-0.2, 0) is 23.5 Å². The minimum absolute atomic E-state index is 0.0778. The van der Waals surface area contributed by atoms with Gasteiger partial charge in [-0.1, -0.05) is 25.1 Å². The van der Waals surface area contributed by atoms with E-state index in [1.807, 2.05) is 30.3 Å². The molecule has 0 aliphatic rings. The van der Waals surface area contributed by atoms with Gasteiger partial charge in [0, 0.05) is 13.1 Å². The van der Waals surface area contributed by atoms with Crippen molar-refractivity contribution in [2.75, 3.05) is 5.75 Å². The number of nitro benzene ring substituents is 1. The van der Waals surface area contributed by atoms with E-state index in [0.29, 0.717) is 16.7 Å². The number of ether oxygens (including phenoxy) is 1. The highest BCUT2D eigenvalue weighted by Crippen LogP contribution is 2.35. The van der Waals surface area contributed by atoms with Gasteiger partial charge in [-0.3, -0.25) is 10.1 Å². The summed E-state index contributed by atoms with van der Waals surface area (Å²) in [6, 6.07) is 13.1. The third kappa shape index (κ3) is 4.74. The molecule has 152 valence electrons. The fourth-order valence-corrected chi connectivity index (χ4v) is 4.20. The molecule has 0 aliphatic carbocycles. The van der Waals surface area contributed by atoms with E-state index in [0.717, 1.165) is 17.8 Å². The summed E-state index contributed by atoms with van der Waals surface area (Å²) in [4.78, 5) is 11.1. The molecule has 0 radical (unpaired) electrons. The molecule has 2 aromatic carbocycles. The van der Waals surface area contributed by atoms with Gasteiger partial charge in [0.1, 0.15) is 12.4 Å². The zero-order chi connectivity index (χ0) is 21.0. The predicted octanol–water partition coefficient (Wildman–Crippen LogP) is 3.25. The fourth-order valence-electron chi connectivity index (χ4n) is 2.41. The Morgan fingerprint density at radius 2 is 1.90 bits per heavy atom. The molecule has 3 rings (SSSR count). The van der Waals surface area contributed by atoms with Crippen molar-refractivity contribution >= 4 is 27.3 Å². The second kappa shape index (κ2) is 8.62. The molecule has 0 bridgehead atoms. The van der Waals surface area contributed by atoms with E-state index >= 15 is 0 Å². The highest BCUT2D eigenvalue weighted by Gasteiger charge is 2.22. The molecule has 0 saturated heterocycles. The third-order valence-electron chi connectivity index (χ3n) is 4.10. The summed E-state index contributed by atoms with van der Waals surface area (Å²) < 4.78 is 31.4. The first-order valence-electron chi connectivity index (χ1n) is 8.57. The highest BCUT2D eigenvalue weighted by molar-refractivity contribution is 7.99. The summed E-state index contributed by atoms with van der Waals surface area (Å²) in [6.07, 6.45) is 0. The summed E-state index contributed by atoms with van der Waals surface area (Å²) in [5.74, 6) is 1.10. The summed E-state index contributed by atoms with van der Waals surface area (Å²) in [7, 11) is -1.82. The molecule has 0 aliphatic heterocycles. The van der Waals surface area contributed by atoms with Gasteiger partial charge in [-0.05, 0) is 36.0 Å². The third-order valence-corrected chi connectivity index (χ3v) is 6.94. The number of aromatic nitrogens is 3. The van der Waals surface area contributed by atoms with Gasteiger partial charge in [-0.2, -0.15) is 0 Å². The largest absolute Gasteiger partial charge is 0.486 e. The number of hydrogen-bond donors (Lipinski definition) is 0. The van der Waals surface area contributed by atoms with Crippen LogP contribution in [0.15, 0.2) is 63.5 Å². The number of rotatable bonds is 8.